The SMILES string of the molecule is Cc1cc(C)cc(C2(O)CCCC(C3CC3)C2)c1. The first-order chi connectivity index (χ1) is 8.57. The van der Waals surface area contributed by atoms with Crippen LogP contribution in [0.5, 0.6) is 0 Å². The molecule has 0 aliphatic heterocycles. The third-order valence-corrected chi connectivity index (χ3v) is 4.81. The van der Waals surface area contributed by atoms with E-state index in [1.165, 1.54) is 36.8 Å². The summed E-state index contributed by atoms with van der Waals surface area (Å²) in [5.74, 6) is 1.69. The van der Waals surface area contributed by atoms with Crippen LogP contribution >= 0.6 is 0 Å². The van der Waals surface area contributed by atoms with Gasteiger partial charge in [0.25, 0.3) is 0 Å². The second kappa shape index (κ2) is 4.38. The molecule has 2 aliphatic rings. The van der Waals surface area contributed by atoms with Crippen molar-refractivity contribution in [3.8, 4) is 0 Å². The molecule has 2 atom stereocenters. The maximum absolute atomic E-state index is 11.0. The van der Waals surface area contributed by atoms with Gasteiger partial charge >= 0.3 is 0 Å². The molecule has 0 aromatic heterocycles. The molecule has 18 heavy (non-hydrogen) atoms. The molecule has 2 fully saturated rings. The summed E-state index contributed by atoms with van der Waals surface area (Å²) in [4.78, 5) is 0. The average molecular weight is 244 g/mol. The van der Waals surface area contributed by atoms with Gasteiger partial charge in [-0.15, -0.1) is 0 Å². The van der Waals surface area contributed by atoms with E-state index in [1.807, 2.05) is 0 Å². The largest absolute Gasteiger partial charge is 0.385 e. The molecule has 0 radical (unpaired) electrons. The minimum absolute atomic E-state index is 0.553. The van der Waals surface area contributed by atoms with E-state index in [1.54, 1.807) is 0 Å². The highest BCUT2D eigenvalue weighted by atomic mass is 16.3. The van der Waals surface area contributed by atoms with Crippen LogP contribution in [0.25, 0.3) is 0 Å². The molecule has 0 bridgehead atoms. The molecular formula is C17H24O. The monoisotopic (exact) mass is 244 g/mol. The van der Waals surface area contributed by atoms with Crippen molar-refractivity contribution in [2.45, 2.75) is 58.0 Å². The molecule has 0 heterocycles. The summed E-state index contributed by atoms with van der Waals surface area (Å²) in [6.07, 6.45) is 7.24. The van der Waals surface area contributed by atoms with Gasteiger partial charge < -0.3 is 5.11 Å². The summed E-state index contributed by atoms with van der Waals surface area (Å²) in [5.41, 5.74) is 3.15. The Balaban J connectivity index is 1.87. The van der Waals surface area contributed by atoms with Crippen LogP contribution < -0.4 is 0 Å². The Kier molecular flexibility index (Phi) is 2.97. The summed E-state index contributed by atoms with van der Waals surface area (Å²) >= 11 is 0. The Labute approximate surface area is 110 Å². The van der Waals surface area contributed by atoms with E-state index in [2.05, 4.69) is 32.0 Å². The molecule has 0 amide bonds. The van der Waals surface area contributed by atoms with Crippen LogP contribution in [0.2, 0.25) is 0 Å². The maximum Gasteiger partial charge on any atom is 0.0899 e. The van der Waals surface area contributed by atoms with Gasteiger partial charge in [0.1, 0.15) is 0 Å². The van der Waals surface area contributed by atoms with Crippen molar-refractivity contribution in [3.63, 3.8) is 0 Å². The van der Waals surface area contributed by atoms with E-state index in [-0.39, 0.29) is 0 Å². The Morgan fingerprint density at radius 1 is 1.00 bits per heavy atom. The van der Waals surface area contributed by atoms with E-state index in [9.17, 15) is 5.11 Å². The number of hydrogen-bond acceptors (Lipinski definition) is 1. The standard InChI is InChI=1S/C17H24O/c1-12-8-13(2)10-16(9-12)17(18)7-3-4-15(11-17)14-5-6-14/h8-10,14-15,18H,3-7,11H2,1-2H3. The molecule has 1 aromatic carbocycles. The molecule has 1 aromatic rings. The van der Waals surface area contributed by atoms with Gasteiger partial charge in [0, 0.05) is 0 Å². The highest BCUT2D eigenvalue weighted by Crippen LogP contribution is 2.49. The molecule has 98 valence electrons. The normalized spacial score (nSPS) is 32.5. The van der Waals surface area contributed by atoms with E-state index < -0.39 is 5.60 Å². The molecule has 2 unspecified atom stereocenters. The zero-order valence-corrected chi connectivity index (χ0v) is 11.6. The summed E-state index contributed by atoms with van der Waals surface area (Å²) in [6, 6.07) is 6.55. The Morgan fingerprint density at radius 2 is 1.67 bits per heavy atom. The highest BCUT2D eigenvalue weighted by Gasteiger charge is 2.41. The topological polar surface area (TPSA) is 20.2 Å². The molecule has 2 saturated carbocycles. The quantitative estimate of drug-likeness (QED) is 0.830. The lowest BCUT2D eigenvalue weighted by Gasteiger charge is -2.38. The predicted molar refractivity (Wildman–Crippen MR) is 74.5 cm³/mol. The van der Waals surface area contributed by atoms with Gasteiger partial charge in [-0.3, -0.25) is 0 Å². The second-order valence-electron chi connectivity index (χ2n) is 6.60. The zero-order valence-electron chi connectivity index (χ0n) is 11.6. The predicted octanol–water partition coefficient (Wildman–Crippen LogP) is 4.09. The first-order valence-corrected chi connectivity index (χ1v) is 7.38. The minimum atomic E-state index is -0.553. The van der Waals surface area contributed by atoms with Gasteiger partial charge in [0.2, 0.25) is 0 Å². The van der Waals surface area contributed by atoms with E-state index in [4.69, 9.17) is 0 Å². The first kappa shape index (κ1) is 12.2. The summed E-state index contributed by atoms with van der Waals surface area (Å²) in [7, 11) is 0. The lowest BCUT2D eigenvalue weighted by molar-refractivity contribution is -0.0252. The van der Waals surface area contributed by atoms with Crippen molar-refractivity contribution in [2.24, 2.45) is 11.8 Å². The van der Waals surface area contributed by atoms with Gasteiger partial charge in [-0.1, -0.05) is 29.3 Å². The Morgan fingerprint density at radius 3 is 2.28 bits per heavy atom. The number of rotatable bonds is 2. The molecular weight excluding hydrogens is 220 g/mol. The molecule has 2 aliphatic carbocycles. The van der Waals surface area contributed by atoms with Gasteiger partial charge in [-0.05, 0) is 69.8 Å². The average Bonchev–Trinajstić information content (AvgIpc) is 3.11. The molecule has 3 rings (SSSR count). The number of hydrogen-bond donors (Lipinski definition) is 1. The summed E-state index contributed by atoms with van der Waals surface area (Å²) < 4.78 is 0. The van der Waals surface area contributed by atoms with Crippen molar-refractivity contribution >= 4 is 0 Å². The molecule has 0 spiro atoms. The molecule has 0 saturated heterocycles. The van der Waals surface area contributed by atoms with Gasteiger partial charge in [-0.2, -0.15) is 0 Å². The van der Waals surface area contributed by atoms with E-state index in [0.717, 1.165) is 30.2 Å². The number of aryl methyl sites for hydroxylation is 2. The fourth-order valence-corrected chi connectivity index (χ4v) is 3.77. The minimum Gasteiger partial charge on any atom is -0.385 e. The lowest BCUT2D eigenvalue weighted by Crippen LogP contribution is -2.33. The summed E-state index contributed by atoms with van der Waals surface area (Å²) in [5, 5.41) is 11.0. The molecule has 1 nitrogen and oxygen atoms in total. The van der Waals surface area contributed by atoms with Crippen LogP contribution in [0.4, 0.5) is 0 Å². The molecule has 1 heteroatoms. The lowest BCUT2D eigenvalue weighted by atomic mass is 9.72. The van der Waals surface area contributed by atoms with E-state index >= 15 is 0 Å². The van der Waals surface area contributed by atoms with Crippen LogP contribution in [0.3, 0.4) is 0 Å². The van der Waals surface area contributed by atoms with Gasteiger partial charge in [0.15, 0.2) is 0 Å². The maximum atomic E-state index is 11.0. The van der Waals surface area contributed by atoms with Crippen LogP contribution in [0.1, 0.15) is 55.2 Å². The second-order valence-corrected chi connectivity index (χ2v) is 6.60. The Hall–Kier alpha value is -0.820. The highest BCUT2D eigenvalue weighted by molar-refractivity contribution is 5.33. The summed E-state index contributed by atoms with van der Waals surface area (Å²) in [6.45, 7) is 4.25. The first-order valence-electron chi connectivity index (χ1n) is 7.38. The number of benzene rings is 1. The third kappa shape index (κ3) is 2.33. The van der Waals surface area contributed by atoms with Gasteiger partial charge in [0.05, 0.1) is 5.60 Å². The van der Waals surface area contributed by atoms with Crippen LogP contribution in [0, 0.1) is 25.7 Å². The fraction of sp³-hybridized carbons (Fsp3) is 0.647. The van der Waals surface area contributed by atoms with Crippen LogP contribution in [0.15, 0.2) is 18.2 Å². The van der Waals surface area contributed by atoms with E-state index in [0.29, 0.717) is 0 Å². The van der Waals surface area contributed by atoms with Gasteiger partial charge in [-0.25, -0.2) is 0 Å². The number of aliphatic hydroxyl groups is 1. The van der Waals surface area contributed by atoms with Crippen molar-refractivity contribution in [1.82, 2.24) is 0 Å². The van der Waals surface area contributed by atoms with Crippen molar-refractivity contribution < 1.29 is 5.11 Å². The fourth-order valence-electron chi connectivity index (χ4n) is 3.77. The third-order valence-electron chi connectivity index (χ3n) is 4.81. The molecule has 1 N–H and O–H groups in total. The van der Waals surface area contributed by atoms with Crippen molar-refractivity contribution in [1.29, 1.82) is 0 Å². The van der Waals surface area contributed by atoms with Crippen molar-refractivity contribution in [2.75, 3.05) is 0 Å². The van der Waals surface area contributed by atoms with Crippen LogP contribution in [-0.2, 0) is 5.60 Å². The Bertz CT molecular complexity index is 427. The zero-order chi connectivity index (χ0) is 12.8. The van der Waals surface area contributed by atoms with Crippen molar-refractivity contribution in [3.05, 3.63) is 34.9 Å². The van der Waals surface area contributed by atoms with Crippen LogP contribution in [-0.4, -0.2) is 5.11 Å². The smallest absolute Gasteiger partial charge is 0.0899 e.